The molecule has 0 aliphatic heterocycles. The first-order chi connectivity index (χ1) is 13.8. The summed E-state index contributed by atoms with van der Waals surface area (Å²) in [6, 6.07) is 11.7. The maximum Gasteiger partial charge on any atom is 0.229 e. The van der Waals surface area contributed by atoms with Crippen molar-refractivity contribution in [1.29, 1.82) is 0 Å². The summed E-state index contributed by atoms with van der Waals surface area (Å²) in [4.78, 5) is 12.9. The van der Waals surface area contributed by atoms with Gasteiger partial charge in [-0.25, -0.2) is 8.42 Å². The highest BCUT2D eigenvalue weighted by Crippen LogP contribution is 2.22. The van der Waals surface area contributed by atoms with Crippen molar-refractivity contribution in [3.8, 4) is 23.0 Å². The van der Waals surface area contributed by atoms with Crippen LogP contribution in [0.5, 0.6) is 0 Å². The standard InChI is InChI=1S/C23H19NO4S/c1-4-5-16(2)6-7-17-8-13-20-22(14-17)28-15-21(23(20)25)18-9-11-19(12-10-18)24-29(3,26)27/h4-5,8-15,24H,1H2,2-3H3/b16-5+. The van der Waals surface area contributed by atoms with Gasteiger partial charge in [-0.05, 0) is 48.4 Å². The smallest absolute Gasteiger partial charge is 0.229 e. The van der Waals surface area contributed by atoms with E-state index in [0.29, 0.717) is 27.8 Å². The number of hydrogen-bond acceptors (Lipinski definition) is 4. The van der Waals surface area contributed by atoms with E-state index < -0.39 is 10.0 Å². The summed E-state index contributed by atoms with van der Waals surface area (Å²) in [6.45, 7) is 5.52. The molecule has 0 unspecified atom stereocenters. The second kappa shape index (κ2) is 8.21. The maximum atomic E-state index is 12.9. The Morgan fingerprint density at radius 3 is 2.55 bits per heavy atom. The van der Waals surface area contributed by atoms with Gasteiger partial charge in [0.15, 0.2) is 5.43 Å². The Labute approximate surface area is 169 Å². The zero-order valence-corrected chi connectivity index (χ0v) is 16.8. The minimum absolute atomic E-state index is 0.169. The van der Waals surface area contributed by atoms with Gasteiger partial charge >= 0.3 is 0 Å². The number of allylic oxidation sites excluding steroid dienone is 3. The molecular formula is C23H19NO4S. The summed E-state index contributed by atoms with van der Waals surface area (Å²) in [6.07, 6.45) is 5.98. The monoisotopic (exact) mass is 405 g/mol. The van der Waals surface area contributed by atoms with Crippen LogP contribution in [0.25, 0.3) is 22.1 Å². The van der Waals surface area contributed by atoms with Crippen LogP contribution < -0.4 is 10.2 Å². The van der Waals surface area contributed by atoms with Crippen LogP contribution >= 0.6 is 0 Å². The first-order valence-electron chi connectivity index (χ1n) is 8.72. The van der Waals surface area contributed by atoms with Gasteiger partial charge in [0.2, 0.25) is 10.0 Å². The first kappa shape index (κ1) is 20.2. The molecule has 0 aliphatic rings. The van der Waals surface area contributed by atoms with Crippen molar-refractivity contribution < 1.29 is 12.8 Å². The lowest BCUT2D eigenvalue weighted by Crippen LogP contribution is -2.09. The second-order valence-electron chi connectivity index (χ2n) is 6.48. The third-order valence-corrected chi connectivity index (χ3v) is 4.65. The van der Waals surface area contributed by atoms with E-state index in [2.05, 4.69) is 23.1 Å². The van der Waals surface area contributed by atoms with E-state index >= 15 is 0 Å². The molecule has 0 saturated carbocycles. The average Bonchev–Trinajstić information content (AvgIpc) is 2.66. The van der Waals surface area contributed by atoms with E-state index in [0.717, 1.165) is 17.4 Å². The molecule has 1 heterocycles. The Morgan fingerprint density at radius 1 is 1.17 bits per heavy atom. The summed E-state index contributed by atoms with van der Waals surface area (Å²) >= 11 is 0. The average molecular weight is 405 g/mol. The minimum atomic E-state index is -3.36. The van der Waals surface area contributed by atoms with Crippen LogP contribution in [0.2, 0.25) is 0 Å². The van der Waals surface area contributed by atoms with E-state index in [1.54, 1.807) is 48.5 Å². The van der Waals surface area contributed by atoms with Crippen molar-refractivity contribution in [3.05, 3.63) is 88.8 Å². The molecule has 5 nitrogen and oxygen atoms in total. The number of hydrogen-bond donors (Lipinski definition) is 1. The van der Waals surface area contributed by atoms with E-state index in [-0.39, 0.29) is 5.43 Å². The van der Waals surface area contributed by atoms with Crippen molar-refractivity contribution in [2.24, 2.45) is 0 Å². The van der Waals surface area contributed by atoms with Gasteiger partial charge in [-0.15, -0.1) is 0 Å². The Bertz CT molecular complexity index is 1340. The highest BCUT2D eigenvalue weighted by Gasteiger charge is 2.10. The molecule has 1 aromatic heterocycles. The number of nitrogens with one attached hydrogen (secondary N) is 1. The highest BCUT2D eigenvalue weighted by molar-refractivity contribution is 7.92. The van der Waals surface area contributed by atoms with Crippen LogP contribution in [0.1, 0.15) is 12.5 Å². The molecule has 0 radical (unpaired) electrons. The predicted molar refractivity (Wildman–Crippen MR) is 117 cm³/mol. The summed E-state index contributed by atoms with van der Waals surface area (Å²) in [5.74, 6) is 6.04. The molecule has 3 rings (SSSR count). The zero-order chi connectivity index (χ0) is 21.0. The molecule has 0 atom stereocenters. The highest BCUT2D eigenvalue weighted by atomic mass is 32.2. The molecule has 0 bridgehead atoms. The molecule has 2 aromatic carbocycles. The first-order valence-corrected chi connectivity index (χ1v) is 10.6. The maximum absolute atomic E-state index is 12.9. The molecule has 0 aliphatic carbocycles. The number of sulfonamides is 1. The van der Waals surface area contributed by atoms with Gasteiger partial charge in [-0.2, -0.15) is 0 Å². The summed E-state index contributed by atoms with van der Waals surface area (Å²) in [5, 5.41) is 0.449. The van der Waals surface area contributed by atoms with Gasteiger partial charge in [0.25, 0.3) is 0 Å². The van der Waals surface area contributed by atoms with Crippen molar-refractivity contribution in [3.63, 3.8) is 0 Å². The van der Waals surface area contributed by atoms with Crippen molar-refractivity contribution in [2.75, 3.05) is 11.0 Å². The Kier molecular flexibility index (Phi) is 5.71. The van der Waals surface area contributed by atoms with Crippen LogP contribution in [0, 0.1) is 11.8 Å². The fourth-order valence-corrected chi connectivity index (χ4v) is 3.29. The lowest BCUT2D eigenvalue weighted by atomic mass is 10.0. The lowest BCUT2D eigenvalue weighted by molar-refractivity contribution is 0.604. The predicted octanol–water partition coefficient (Wildman–Crippen LogP) is 4.32. The SMILES string of the molecule is C=C/C=C(\C)C#Cc1ccc2c(=O)c(-c3ccc(NS(C)(=O)=O)cc3)coc2c1. The molecule has 29 heavy (non-hydrogen) atoms. The van der Waals surface area contributed by atoms with E-state index in [4.69, 9.17) is 4.42 Å². The molecule has 1 N–H and O–H groups in total. The minimum Gasteiger partial charge on any atom is -0.463 e. The number of benzene rings is 2. The molecule has 0 spiro atoms. The third kappa shape index (κ3) is 5.03. The topological polar surface area (TPSA) is 76.4 Å². The van der Waals surface area contributed by atoms with E-state index in [9.17, 15) is 13.2 Å². The van der Waals surface area contributed by atoms with Crippen LogP contribution in [0.4, 0.5) is 5.69 Å². The largest absolute Gasteiger partial charge is 0.463 e. The second-order valence-corrected chi connectivity index (χ2v) is 8.22. The normalized spacial score (nSPS) is 11.6. The molecular weight excluding hydrogens is 386 g/mol. The van der Waals surface area contributed by atoms with Crippen LogP contribution in [-0.2, 0) is 10.0 Å². The van der Waals surface area contributed by atoms with Crippen molar-refractivity contribution >= 4 is 26.7 Å². The van der Waals surface area contributed by atoms with E-state index in [1.807, 2.05) is 13.0 Å². The fourth-order valence-electron chi connectivity index (χ4n) is 2.73. The van der Waals surface area contributed by atoms with Gasteiger partial charge in [0.05, 0.1) is 17.2 Å². The van der Waals surface area contributed by atoms with Gasteiger partial charge in [-0.1, -0.05) is 42.7 Å². The number of rotatable bonds is 4. The Morgan fingerprint density at radius 2 is 1.90 bits per heavy atom. The Balaban J connectivity index is 1.96. The molecule has 0 fully saturated rings. The van der Waals surface area contributed by atoms with Crippen molar-refractivity contribution in [1.82, 2.24) is 0 Å². The van der Waals surface area contributed by atoms with Crippen molar-refractivity contribution in [2.45, 2.75) is 6.92 Å². The molecule has 0 amide bonds. The van der Waals surface area contributed by atoms with Gasteiger partial charge < -0.3 is 4.42 Å². The van der Waals surface area contributed by atoms with E-state index in [1.165, 1.54) is 6.26 Å². The summed E-state index contributed by atoms with van der Waals surface area (Å²) in [5.41, 5.74) is 3.35. The van der Waals surface area contributed by atoms with Gasteiger partial charge in [0, 0.05) is 11.3 Å². The van der Waals surface area contributed by atoms with Gasteiger partial charge in [0.1, 0.15) is 11.8 Å². The third-order valence-electron chi connectivity index (χ3n) is 4.05. The molecule has 0 saturated heterocycles. The van der Waals surface area contributed by atoms with Gasteiger partial charge in [-0.3, -0.25) is 9.52 Å². The van der Waals surface area contributed by atoms with Crippen LogP contribution in [0.3, 0.4) is 0 Å². The Hall–Kier alpha value is -3.56. The van der Waals surface area contributed by atoms with Crippen LogP contribution in [0.15, 0.2) is 82.2 Å². The summed E-state index contributed by atoms with van der Waals surface area (Å²) < 4.78 is 30.7. The molecule has 146 valence electrons. The number of anilines is 1. The zero-order valence-electron chi connectivity index (χ0n) is 16.0. The lowest BCUT2D eigenvalue weighted by Gasteiger charge is -2.06. The quantitative estimate of drug-likeness (QED) is 0.518. The summed E-state index contributed by atoms with van der Waals surface area (Å²) in [7, 11) is -3.36. The fraction of sp³-hybridized carbons (Fsp3) is 0.0870. The number of fused-ring (bicyclic) bond motifs is 1. The van der Waals surface area contributed by atoms with Crippen LogP contribution in [-0.4, -0.2) is 14.7 Å². The molecule has 3 aromatic rings. The molecule has 6 heteroatoms.